The second-order valence-electron chi connectivity index (χ2n) is 5.62. The molecule has 2 N–H and O–H groups in total. The van der Waals surface area contributed by atoms with Gasteiger partial charge in [-0.3, -0.25) is 0 Å². The predicted octanol–water partition coefficient (Wildman–Crippen LogP) is 2.76. The topological polar surface area (TPSA) is 41.5 Å². The average molecular weight is 318 g/mol. The Bertz CT molecular complexity index is 613. The molecule has 2 aromatic rings. The zero-order valence-electron chi connectivity index (χ0n) is 12.3. The van der Waals surface area contributed by atoms with Crippen LogP contribution in [0.2, 0.25) is 5.02 Å². The van der Waals surface area contributed by atoms with Crippen molar-refractivity contribution in [3.63, 3.8) is 0 Å². The molecule has 0 aromatic heterocycles. The number of hydrogen-bond acceptors (Lipinski definition) is 3. The third kappa shape index (κ3) is 3.18. The van der Waals surface area contributed by atoms with Crippen LogP contribution in [-0.2, 0) is 16.8 Å². The fourth-order valence-electron chi connectivity index (χ4n) is 2.93. The van der Waals surface area contributed by atoms with E-state index in [4.69, 9.17) is 16.3 Å². The van der Waals surface area contributed by atoms with Crippen LogP contribution >= 0.6 is 11.6 Å². The Morgan fingerprint density at radius 1 is 1.14 bits per heavy atom. The van der Waals surface area contributed by atoms with Gasteiger partial charge in [0.15, 0.2) is 0 Å². The number of hydrogen-bond donors (Lipinski definition) is 2. The zero-order valence-corrected chi connectivity index (χ0v) is 13.1. The first kappa shape index (κ1) is 15.5. The largest absolute Gasteiger partial charge is 0.382 e. The summed E-state index contributed by atoms with van der Waals surface area (Å²) in [5.41, 5.74) is 0.660. The Balaban J connectivity index is 1.97. The summed E-state index contributed by atoms with van der Waals surface area (Å²) in [6.07, 6.45) is 0.114. The molecule has 3 nitrogen and oxygen atoms in total. The number of benzene rings is 2. The van der Waals surface area contributed by atoms with Crippen LogP contribution in [0.5, 0.6) is 0 Å². The molecule has 2 aromatic carbocycles. The van der Waals surface area contributed by atoms with E-state index in [2.05, 4.69) is 5.32 Å². The van der Waals surface area contributed by atoms with Gasteiger partial charge in [0.25, 0.3) is 0 Å². The molecule has 0 amide bonds. The minimum Gasteiger partial charge on any atom is -0.382 e. The normalized spacial score (nSPS) is 21.3. The van der Waals surface area contributed by atoms with Gasteiger partial charge in [0.05, 0.1) is 6.61 Å². The molecule has 4 heteroatoms. The van der Waals surface area contributed by atoms with Crippen molar-refractivity contribution in [2.75, 3.05) is 19.7 Å². The van der Waals surface area contributed by atoms with Gasteiger partial charge in [-0.2, -0.15) is 0 Å². The summed E-state index contributed by atoms with van der Waals surface area (Å²) >= 11 is 6.29. The highest BCUT2D eigenvalue weighted by molar-refractivity contribution is 6.31. The third-order valence-corrected chi connectivity index (χ3v) is 4.52. The summed E-state index contributed by atoms with van der Waals surface area (Å²) in [5, 5.41) is 15.4. The highest BCUT2D eigenvalue weighted by atomic mass is 35.5. The molecule has 0 spiro atoms. The summed E-state index contributed by atoms with van der Waals surface area (Å²) in [7, 11) is 0. The smallest absolute Gasteiger partial charge is 0.121 e. The second-order valence-corrected chi connectivity index (χ2v) is 6.03. The van der Waals surface area contributed by atoms with E-state index >= 15 is 0 Å². The average Bonchev–Trinajstić information content (AvgIpc) is 2.58. The molecule has 1 heterocycles. The van der Waals surface area contributed by atoms with E-state index in [0.717, 1.165) is 17.7 Å². The van der Waals surface area contributed by atoms with Gasteiger partial charge in [-0.25, -0.2) is 0 Å². The Labute approximate surface area is 135 Å². The molecule has 22 heavy (non-hydrogen) atoms. The number of aliphatic hydroxyl groups is 1. The quantitative estimate of drug-likeness (QED) is 0.911. The second kappa shape index (κ2) is 6.80. The standard InChI is InChI=1S/C18H20ClNO2/c19-16-9-5-4-6-14(16)12-18(21,15-7-2-1-3-8-15)17-13-20-10-11-22-17/h1-9,17,20-21H,10-13H2/t17-,18?/m0/s1. The van der Waals surface area contributed by atoms with Gasteiger partial charge >= 0.3 is 0 Å². The van der Waals surface area contributed by atoms with Gasteiger partial charge in [-0.15, -0.1) is 0 Å². The maximum atomic E-state index is 11.5. The highest BCUT2D eigenvalue weighted by Gasteiger charge is 2.40. The molecular weight excluding hydrogens is 298 g/mol. The Hall–Kier alpha value is -1.39. The lowest BCUT2D eigenvalue weighted by Crippen LogP contribution is -2.52. The molecule has 1 saturated heterocycles. The first-order valence-electron chi connectivity index (χ1n) is 7.54. The minimum atomic E-state index is -1.11. The SMILES string of the molecule is OC(Cc1ccccc1Cl)(c1ccccc1)[C@@H]1CNCCO1. The zero-order chi connectivity index (χ0) is 15.4. The first-order chi connectivity index (χ1) is 10.7. The molecule has 0 bridgehead atoms. The van der Waals surface area contributed by atoms with Crippen molar-refractivity contribution in [1.82, 2.24) is 5.32 Å². The Morgan fingerprint density at radius 2 is 1.86 bits per heavy atom. The maximum absolute atomic E-state index is 11.5. The number of ether oxygens (including phenoxy) is 1. The van der Waals surface area contributed by atoms with Crippen LogP contribution in [0, 0.1) is 0 Å². The van der Waals surface area contributed by atoms with Crippen LogP contribution in [0.1, 0.15) is 11.1 Å². The van der Waals surface area contributed by atoms with Crippen molar-refractivity contribution in [2.45, 2.75) is 18.1 Å². The molecule has 2 atom stereocenters. The van der Waals surface area contributed by atoms with Gasteiger partial charge < -0.3 is 15.2 Å². The van der Waals surface area contributed by atoms with Crippen LogP contribution in [0.4, 0.5) is 0 Å². The Morgan fingerprint density at radius 3 is 2.55 bits per heavy atom. The third-order valence-electron chi connectivity index (χ3n) is 4.15. The van der Waals surface area contributed by atoms with E-state index in [9.17, 15) is 5.11 Å². The molecule has 1 fully saturated rings. The molecule has 0 aliphatic carbocycles. The number of halogens is 1. The fraction of sp³-hybridized carbons (Fsp3) is 0.333. The summed E-state index contributed by atoms with van der Waals surface area (Å²) < 4.78 is 5.85. The van der Waals surface area contributed by atoms with Crippen LogP contribution in [0.15, 0.2) is 54.6 Å². The van der Waals surface area contributed by atoms with Gasteiger partial charge in [0, 0.05) is 24.5 Å². The highest BCUT2D eigenvalue weighted by Crippen LogP contribution is 2.33. The van der Waals surface area contributed by atoms with Crippen LogP contribution in [-0.4, -0.2) is 30.9 Å². The fourth-order valence-corrected chi connectivity index (χ4v) is 3.14. The molecular formula is C18H20ClNO2. The van der Waals surface area contributed by atoms with Crippen LogP contribution in [0.3, 0.4) is 0 Å². The number of rotatable bonds is 4. The molecule has 0 saturated carbocycles. The van der Waals surface area contributed by atoms with Crippen LogP contribution in [0.25, 0.3) is 0 Å². The van der Waals surface area contributed by atoms with E-state index in [1.165, 1.54) is 0 Å². The van der Waals surface area contributed by atoms with E-state index in [-0.39, 0.29) is 6.10 Å². The van der Waals surface area contributed by atoms with Gasteiger partial charge in [-0.05, 0) is 17.2 Å². The minimum absolute atomic E-state index is 0.306. The lowest BCUT2D eigenvalue weighted by atomic mass is 9.82. The van der Waals surface area contributed by atoms with Gasteiger partial charge in [0.1, 0.15) is 11.7 Å². The predicted molar refractivity (Wildman–Crippen MR) is 88.1 cm³/mol. The van der Waals surface area contributed by atoms with Gasteiger partial charge in [0.2, 0.25) is 0 Å². The molecule has 0 radical (unpaired) electrons. The van der Waals surface area contributed by atoms with Crippen molar-refractivity contribution in [1.29, 1.82) is 0 Å². The van der Waals surface area contributed by atoms with Crippen LogP contribution < -0.4 is 5.32 Å². The van der Waals surface area contributed by atoms with Crippen molar-refractivity contribution in [3.8, 4) is 0 Å². The number of morpholine rings is 1. The van der Waals surface area contributed by atoms with E-state index < -0.39 is 5.60 Å². The lowest BCUT2D eigenvalue weighted by Gasteiger charge is -2.39. The molecule has 1 unspecified atom stereocenters. The van der Waals surface area contributed by atoms with Crippen molar-refractivity contribution >= 4 is 11.6 Å². The summed E-state index contributed by atoms with van der Waals surface area (Å²) in [6.45, 7) is 2.03. The first-order valence-corrected chi connectivity index (χ1v) is 7.91. The summed E-state index contributed by atoms with van der Waals surface area (Å²) in [5.74, 6) is 0. The van der Waals surface area contributed by atoms with E-state index in [0.29, 0.717) is 24.6 Å². The molecule has 1 aliphatic heterocycles. The monoisotopic (exact) mass is 317 g/mol. The Kier molecular flexibility index (Phi) is 4.79. The summed E-state index contributed by atoms with van der Waals surface area (Å²) in [4.78, 5) is 0. The van der Waals surface area contributed by atoms with E-state index in [1.54, 1.807) is 0 Å². The van der Waals surface area contributed by atoms with Crippen molar-refractivity contribution < 1.29 is 9.84 Å². The maximum Gasteiger partial charge on any atom is 0.121 e. The summed E-state index contributed by atoms with van der Waals surface area (Å²) in [6, 6.07) is 17.3. The van der Waals surface area contributed by atoms with Crippen molar-refractivity contribution in [2.24, 2.45) is 0 Å². The molecule has 3 rings (SSSR count). The van der Waals surface area contributed by atoms with Gasteiger partial charge in [-0.1, -0.05) is 60.1 Å². The number of nitrogens with one attached hydrogen (secondary N) is 1. The lowest BCUT2D eigenvalue weighted by molar-refractivity contribution is -0.124. The van der Waals surface area contributed by atoms with Crippen molar-refractivity contribution in [3.05, 3.63) is 70.7 Å². The molecule has 116 valence electrons. The van der Waals surface area contributed by atoms with E-state index in [1.807, 2.05) is 54.6 Å². The molecule has 1 aliphatic rings.